The molecule has 86 valence electrons. The number of para-hydroxylation sites is 1. The number of nitrogens with one attached hydrogen (secondary N) is 1. The molecule has 0 spiro atoms. The molecule has 0 radical (unpaired) electrons. The normalized spacial score (nSPS) is 11.8. The summed E-state index contributed by atoms with van der Waals surface area (Å²) in [7, 11) is 0. The predicted molar refractivity (Wildman–Crippen MR) is 65.0 cm³/mol. The lowest BCUT2D eigenvalue weighted by Gasteiger charge is -2.10. The maximum Gasteiger partial charge on any atom is 0.101 e. The highest BCUT2D eigenvalue weighted by Gasteiger charge is 2.03. The van der Waals surface area contributed by atoms with Crippen LogP contribution in [0.5, 0.6) is 0 Å². The maximum atomic E-state index is 9.09. The maximum absolute atomic E-state index is 9.09. The minimum atomic E-state index is -0.274. The highest BCUT2D eigenvalue weighted by atomic mass is 16.3. The minimum Gasteiger partial charge on any atom is -0.396 e. The fourth-order valence-electron chi connectivity index (χ4n) is 1.44. The summed E-state index contributed by atoms with van der Waals surface area (Å²) in [4.78, 5) is 0. The lowest BCUT2D eigenvalue weighted by atomic mass is 10.1. The summed E-state index contributed by atoms with van der Waals surface area (Å²) in [5.41, 5.74) is 7.56. The van der Waals surface area contributed by atoms with Crippen molar-refractivity contribution in [3.05, 3.63) is 23.8 Å². The number of aliphatic hydroxyl groups excluding tert-OH is 1. The van der Waals surface area contributed by atoms with Crippen molar-refractivity contribution in [2.45, 2.75) is 25.9 Å². The molecule has 4 heteroatoms. The van der Waals surface area contributed by atoms with Crippen molar-refractivity contribution in [1.29, 1.82) is 5.26 Å². The van der Waals surface area contributed by atoms with E-state index in [0.717, 1.165) is 25.1 Å². The van der Waals surface area contributed by atoms with Gasteiger partial charge in [0.2, 0.25) is 0 Å². The number of benzene rings is 1. The molecule has 4 N–H and O–H groups in total. The first-order valence-corrected chi connectivity index (χ1v) is 5.35. The second kappa shape index (κ2) is 5.99. The Balaban J connectivity index is 2.52. The first-order valence-electron chi connectivity index (χ1n) is 5.35. The number of nitrogens with zero attached hydrogens (tertiary/aromatic N) is 1. The lowest BCUT2D eigenvalue weighted by Crippen LogP contribution is -2.08. The number of nitrogens with two attached hydrogens (primary N) is 1. The van der Waals surface area contributed by atoms with Crippen molar-refractivity contribution in [1.82, 2.24) is 0 Å². The zero-order chi connectivity index (χ0) is 12.0. The first-order chi connectivity index (χ1) is 7.65. The summed E-state index contributed by atoms with van der Waals surface area (Å²) < 4.78 is 0. The van der Waals surface area contributed by atoms with Crippen LogP contribution in [0.1, 0.15) is 25.3 Å². The van der Waals surface area contributed by atoms with Crippen LogP contribution < -0.4 is 11.1 Å². The third-order valence-electron chi connectivity index (χ3n) is 2.34. The Kier molecular flexibility index (Phi) is 4.62. The Labute approximate surface area is 95.7 Å². The smallest absolute Gasteiger partial charge is 0.101 e. The van der Waals surface area contributed by atoms with E-state index in [9.17, 15) is 0 Å². The SMILES string of the molecule is CC(O)CCCNc1cccc(C#N)c1N. The summed E-state index contributed by atoms with van der Waals surface area (Å²) in [6.45, 7) is 2.51. The number of hydrogen-bond donors (Lipinski definition) is 3. The van der Waals surface area contributed by atoms with Crippen molar-refractivity contribution < 1.29 is 5.11 Å². The van der Waals surface area contributed by atoms with Crippen molar-refractivity contribution >= 4 is 11.4 Å². The van der Waals surface area contributed by atoms with Gasteiger partial charge < -0.3 is 16.2 Å². The predicted octanol–water partition coefficient (Wildman–Crippen LogP) is 1.71. The van der Waals surface area contributed by atoms with Crippen molar-refractivity contribution in [3.63, 3.8) is 0 Å². The van der Waals surface area contributed by atoms with Crippen LogP contribution in [0.15, 0.2) is 18.2 Å². The molecule has 4 nitrogen and oxygen atoms in total. The molecule has 0 aliphatic rings. The van der Waals surface area contributed by atoms with Crippen molar-refractivity contribution in [3.8, 4) is 6.07 Å². The number of nitriles is 1. The molecule has 0 fully saturated rings. The van der Waals surface area contributed by atoms with Crippen LogP contribution in [-0.4, -0.2) is 17.8 Å². The zero-order valence-corrected chi connectivity index (χ0v) is 9.40. The van der Waals surface area contributed by atoms with Gasteiger partial charge in [-0.15, -0.1) is 0 Å². The van der Waals surface area contributed by atoms with Gasteiger partial charge in [-0.05, 0) is 31.9 Å². The van der Waals surface area contributed by atoms with Crippen LogP contribution in [0.4, 0.5) is 11.4 Å². The Morgan fingerprint density at radius 1 is 1.56 bits per heavy atom. The van der Waals surface area contributed by atoms with Gasteiger partial charge in [-0.25, -0.2) is 0 Å². The number of nitrogen functional groups attached to an aromatic ring is 1. The van der Waals surface area contributed by atoms with Crippen LogP contribution in [0.25, 0.3) is 0 Å². The van der Waals surface area contributed by atoms with Gasteiger partial charge >= 0.3 is 0 Å². The molecule has 1 rings (SSSR count). The monoisotopic (exact) mass is 219 g/mol. The van der Waals surface area contributed by atoms with E-state index in [-0.39, 0.29) is 6.10 Å². The molecular formula is C12H17N3O. The molecule has 0 amide bonds. The molecule has 16 heavy (non-hydrogen) atoms. The van der Waals surface area contributed by atoms with E-state index in [2.05, 4.69) is 5.32 Å². The van der Waals surface area contributed by atoms with E-state index >= 15 is 0 Å². The van der Waals surface area contributed by atoms with Gasteiger partial charge in [0.05, 0.1) is 23.0 Å². The van der Waals surface area contributed by atoms with Crippen LogP contribution in [0.3, 0.4) is 0 Å². The van der Waals surface area contributed by atoms with E-state index in [1.165, 1.54) is 0 Å². The summed E-state index contributed by atoms with van der Waals surface area (Å²) in [5.74, 6) is 0. The van der Waals surface area contributed by atoms with Gasteiger partial charge in [0, 0.05) is 6.54 Å². The van der Waals surface area contributed by atoms with E-state index in [4.69, 9.17) is 16.1 Å². The van der Waals surface area contributed by atoms with Crippen LogP contribution in [-0.2, 0) is 0 Å². The summed E-state index contributed by atoms with van der Waals surface area (Å²) in [6.07, 6.45) is 1.35. The fraction of sp³-hybridized carbons (Fsp3) is 0.417. The number of hydrogen-bond acceptors (Lipinski definition) is 4. The largest absolute Gasteiger partial charge is 0.396 e. The minimum absolute atomic E-state index is 0.274. The molecule has 1 unspecified atom stereocenters. The zero-order valence-electron chi connectivity index (χ0n) is 9.40. The van der Waals surface area contributed by atoms with Gasteiger partial charge in [-0.1, -0.05) is 6.07 Å². The van der Waals surface area contributed by atoms with E-state index in [1.54, 1.807) is 19.1 Å². The number of rotatable bonds is 5. The second-order valence-corrected chi connectivity index (χ2v) is 3.80. The molecule has 0 saturated carbocycles. The quantitative estimate of drug-likeness (QED) is 0.520. The lowest BCUT2D eigenvalue weighted by molar-refractivity contribution is 0.183. The highest BCUT2D eigenvalue weighted by molar-refractivity contribution is 5.72. The molecule has 0 saturated heterocycles. The molecular weight excluding hydrogens is 202 g/mol. The van der Waals surface area contributed by atoms with Gasteiger partial charge in [-0.3, -0.25) is 0 Å². The van der Waals surface area contributed by atoms with Crippen LogP contribution >= 0.6 is 0 Å². The van der Waals surface area contributed by atoms with Crippen molar-refractivity contribution in [2.24, 2.45) is 0 Å². The van der Waals surface area contributed by atoms with Crippen LogP contribution in [0.2, 0.25) is 0 Å². The second-order valence-electron chi connectivity index (χ2n) is 3.80. The van der Waals surface area contributed by atoms with E-state index in [1.807, 2.05) is 12.1 Å². The molecule has 0 aromatic heterocycles. The molecule has 1 aromatic carbocycles. The summed E-state index contributed by atoms with van der Waals surface area (Å²) in [6, 6.07) is 7.37. The van der Waals surface area contributed by atoms with Crippen LogP contribution in [0, 0.1) is 11.3 Å². The molecule has 0 aliphatic heterocycles. The highest BCUT2D eigenvalue weighted by Crippen LogP contribution is 2.21. The molecule has 0 bridgehead atoms. The first kappa shape index (κ1) is 12.3. The summed E-state index contributed by atoms with van der Waals surface area (Å²) >= 11 is 0. The Morgan fingerprint density at radius 2 is 2.31 bits per heavy atom. The Bertz CT molecular complexity index is 382. The van der Waals surface area contributed by atoms with Gasteiger partial charge in [0.15, 0.2) is 0 Å². The molecule has 1 aromatic rings. The standard InChI is InChI=1S/C12H17N3O/c1-9(16)4-3-7-15-11-6-2-5-10(8-13)12(11)14/h2,5-6,9,15-16H,3-4,7,14H2,1H3. The Morgan fingerprint density at radius 3 is 2.94 bits per heavy atom. The number of aliphatic hydroxyl groups is 1. The van der Waals surface area contributed by atoms with Gasteiger partial charge in [0.25, 0.3) is 0 Å². The number of anilines is 2. The third-order valence-corrected chi connectivity index (χ3v) is 2.34. The average Bonchev–Trinajstić information content (AvgIpc) is 2.26. The van der Waals surface area contributed by atoms with E-state index < -0.39 is 0 Å². The van der Waals surface area contributed by atoms with Gasteiger partial charge in [-0.2, -0.15) is 5.26 Å². The van der Waals surface area contributed by atoms with Gasteiger partial charge in [0.1, 0.15) is 6.07 Å². The topological polar surface area (TPSA) is 82.1 Å². The molecule has 0 heterocycles. The summed E-state index contributed by atoms with van der Waals surface area (Å²) in [5, 5.41) is 21.0. The van der Waals surface area contributed by atoms with E-state index in [0.29, 0.717) is 11.3 Å². The molecule has 1 atom stereocenters. The van der Waals surface area contributed by atoms with Crippen molar-refractivity contribution in [2.75, 3.05) is 17.6 Å². The Hall–Kier alpha value is -1.73. The fourth-order valence-corrected chi connectivity index (χ4v) is 1.44. The third kappa shape index (κ3) is 3.44. The molecule has 0 aliphatic carbocycles. The average molecular weight is 219 g/mol.